The molecule has 0 saturated carbocycles. The fourth-order valence-corrected chi connectivity index (χ4v) is 1.32. The van der Waals surface area contributed by atoms with E-state index in [0.29, 0.717) is 5.33 Å². The Hall–Kier alpha value is -0.830. The Morgan fingerprint density at radius 3 is 2.55 bits per heavy atom. The number of halogens is 1. The quantitative estimate of drug-likeness (QED) is 0.687. The second-order valence-electron chi connectivity index (χ2n) is 2.08. The third-order valence-corrected chi connectivity index (χ3v) is 1.99. The first kappa shape index (κ1) is 8.27. The molecule has 0 heterocycles. The van der Waals surface area contributed by atoms with Gasteiger partial charge in [0.25, 0.3) is 0 Å². The van der Waals surface area contributed by atoms with Crippen molar-refractivity contribution in [3.8, 4) is 0 Å². The molecule has 0 N–H and O–H groups in total. The summed E-state index contributed by atoms with van der Waals surface area (Å²) >= 11 is 3.19. The number of aromatic carboxylic acids is 1. The molecule has 0 aliphatic rings. The lowest BCUT2D eigenvalue weighted by atomic mass is 10.1. The van der Waals surface area contributed by atoms with Crippen LogP contribution in [0.3, 0.4) is 0 Å². The van der Waals surface area contributed by atoms with Crippen molar-refractivity contribution < 1.29 is 9.90 Å². The van der Waals surface area contributed by atoms with E-state index in [2.05, 4.69) is 15.9 Å². The number of rotatable bonds is 2. The molecule has 58 valence electrons. The van der Waals surface area contributed by atoms with Gasteiger partial charge in [-0.05, 0) is 5.56 Å². The maximum atomic E-state index is 10.4. The number of alkyl halides is 1. The molecule has 1 aromatic rings. The molecule has 0 saturated heterocycles. The highest BCUT2D eigenvalue weighted by molar-refractivity contribution is 9.08. The van der Waals surface area contributed by atoms with E-state index in [1.165, 1.54) is 6.07 Å². The Labute approximate surface area is 73.0 Å². The van der Waals surface area contributed by atoms with Crippen LogP contribution in [0.15, 0.2) is 24.3 Å². The molecular weight excluding hydrogens is 208 g/mol. The highest BCUT2D eigenvalue weighted by Gasteiger charge is 1.98. The van der Waals surface area contributed by atoms with Gasteiger partial charge in [0.15, 0.2) is 0 Å². The van der Waals surface area contributed by atoms with Crippen LogP contribution < -0.4 is 5.11 Å². The lowest BCUT2D eigenvalue weighted by Gasteiger charge is -2.06. The standard InChI is InChI=1S/C8H7BrO2/c9-5-6-3-1-2-4-7(6)8(10)11/h1-4H,5H2,(H,10,11)/p-1. The highest BCUT2D eigenvalue weighted by atomic mass is 79.9. The van der Waals surface area contributed by atoms with Gasteiger partial charge in [-0.25, -0.2) is 0 Å². The third-order valence-electron chi connectivity index (χ3n) is 1.38. The zero-order chi connectivity index (χ0) is 8.27. The molecule has 11 heavy (non-hydrogen) atoms. The van der Waals surface area contributed by atoms with Crippen LogP contribution >= 0.6 is 15.9 Å². The number of hydrogen-bond donors (Lipinski definition) is 0. The minimum Gasteiger partial charge on any atom is -0.545 e. The molecule has 0 radical (unpaired) electrons. The van der Waals surface area contributed by atoms with Crippen LogP contribution in [0.5, 0.6) is 0 Å². The topological polar surface area (TPSA) is 40.1 Å². The van der Waals surface area contributed by atoms with Gasteiger partial charge in [0.2, 0.25) is 0 Å². The fourth-order valence-electron chi connectivity index (χ4n) is 0.836. The third kappa shape index (κ3) is 1.80. The molecule has 0 aromatic heterocycles. The maximum Gasteiger partial charge on any atom is 0.0718 e. The first-order valence-electron chi connectivity index (χ1n) is 3.11. The van der Waals surface area contributed by atoms with Crippen molar-refractivity contribution in [3.63, 3.8) is 0 Å². The number of carbonyl (C=O) groups excluding carboxylic acids is 1. The van der Waals surface area contributed by atoms with Crippen LogP contribution in [0.1, 0.15) is 15.9 Å². The van der Waals surface area contributed by atoms with E-state index in [1.807, 2.05) is 0 Å². The summed E-state index contributed by atoms with van der Waals surface area (Å²) in [6.45, 7) is 0. The first-order valence-corrected chi connectivity index (χ1v) is 4.23. The summed E-state index contributed by atoms with van der Waals surface area (Å²) in [6, 6.07) is 6.76. The van der Waals surface area contributed by atoms with Gasteiger partial charge >= 0.3 is 0 Å². The van der Waals surface area contributed by atoms with E-state index in [4.69, 9.17) is 0 Å². The average Bonchev–Trinajstić information content (AvgIpc) is 2.04. The molecular formula is C8H6BrO2-. The van der Waals surface area contributed by atoms with Crippen molar-refractivity contribution in [2.45, 2.75) is 5.33 Å². The van der Waals surface area contributed by atoms with Crippen LogP contribution in [0.4, 0.5) is 0 Å². The predicted octanol–water partition coefficient (Wildman–Crippen LogP) is 0.945. The summed E-state index contributed by atoms with van der Waals surface area (Å²) in [5.74, 6) is -1.12. The van der Waals surface area contributed by atoms with Crippen LogP contribution in [-0.4, -0.2) is 5.97 Å². The number of carboxylic acid groups (broad SMARTS) is 1. The Morgan fingerprint density at radius 1 is 1.45 bits per heavy atom. The Kier molecular flexibility index (Phi) is 2.65. The van der Waals surface area contributed by atoms with Gasteiger partial charge in [-0.2, -0.15) is 0 Å². The highest BCUT2D eigenvalue weighted by Crippen LogP contribution is 2.10. The SMILES string of the molecule is O=C([O-])c1ccccc1CBr. The summed E-state index contributed by atoms with van der Waals surface area (Å²) in [4.78, 5) is 10.4. The van der Waals surface area contributed by atoms with E-state index in [1.54, 1.807) is 18.2 Å². The summed E-state index contributed by atoms with van der Waals surface area (Å²) in [5, 5.41) is 11.0. The van der Waals surface area contributed by atoms with E-state index in [0.717, 1.165) is 5.56 Å². The van der Waals surface area contributed by atoms with Crippen molar-refractivity contribution in [1.82, 2.24) is 0 Å². The van der Waals surface area contributed by atoms with E-state index >= 15 is 0 Å². The molecule has 2 nitrogen and oxygen atoms in total. The van der Waals surface area contributed by atoms with Crippen molar-refractivity contribution in [2.75, 3.05) is 0 Å². The Bertz CT molecular complexity index is 271. The van der Waals surface area contributed by atoms with Crippen LogP contribution in [0.25, 0.3) is 0 Å². The largest absolute Gasteiger partial charge is 0.545 e. The summed E-state index contributed by atoms with van der Waals surface area (Å²) < 4.78 is 0. The second kappa shape index (κ2) is 3.53. The smallest absolute Gasteiger partial charge is 0.0718 e. The Balaban J connectivity index is 3.12. The Morgan fingerprint density at radius 2 is 2.09 bits per heavy atom. The van der Waals surface area contributed by atoms with Crippen molar-refractivity contribution in [1.29, 1.82) is 0 Å². The van der Waals surface area contributed by atoms with Crippen molar-refractivity contribution >= 4 is 21.9 Å². The summed E-state index contributed by atoms with van der Waals surface area (Å²) in [6.07, 6.45) is 0. The first-order chi connectivity index (χ1) is 5.25. The number of hydrogen-bond acceptors (Lipinski definition) is 2. The zero-order valence-electron chi connectivity index (χ0n) is 5.71. The lowest BCUT2D eigenvalue weighted by Crippen LogP contribution is -2.23. The van der Waals surface area contributed by atoms with Gasteiger partial charge in [0.05, 0.1) is 5.97 Å². The predicted molar refractivity (Wildman–Crippen MR) is 43.4 cm³/mol. The normalized spacial score (nSPS) is 9.55. The van der Waals surface area contributed by atoms with Gasteiger partial charge in [0, 0.05) is 10.9 Å². The molecule has 0 aliphatic carbocycles. The van der Waals surface area contributed by atoms with Gasteiger partial charge in [0.1, 0.15) is 0 Å². The summed E-state index contributed by atoms with van der Waals surface area (Å²) in [7, 11) is 0. The molecule has 0 fully saturated rings. The van der Waals surface area contributed by atoms with E-state index in [-0.39, 0.29) is 5.56 Å². The van der Waals surface area contributed by atoms with Crippen LogP contribution in [-0.2, 0) is 5.33 Å². The van der Waals surface area contributed by atoms with Crippen LogP contribution in [0, 0.1) is 0 Å². The molecule has 1 aromatic carbocycles. The van der Waals surface area contributed by atoms with Crippen molar-refractivity contribution in [2.24, 2.45) is 0 Å². The monoisotopic (exact) mass is 213 g/mol. The molecule has 0 amide bonds. The fraction of sp³-hybridized carbons (Fsp3) is 0.125. The van der Waals surface area contributed by atoms with Crippen LogP contribution in [0.2, 0.25) is 0 Å². The lowest BCUT2D eigenvalue weighted by molar-refractivity contribution is -0.255. The average molecular weight is 214 g/mol. The van der Waals surface area contributed by atoms with Gasteiger partial charge in [-0.3, -0.25) is 0 Å². The molecule has 0 unspecified atom stereocenters. The number of benzene rings is 1. The molecule has 1 rings (SSSR count). The van der Waals surface area contributed by atoms with E-state index in [9.17, 15) is 9.90 Å². The van der Waals surface area contributed by atoms with Crippen molar-refractivity contribution in [3.05, 3.63) is 35.4 Å². The van der Waals surface area contributed by atoms with Gasteiger partial charge < -0.3 is 9.90 Å². The summed E-state index contributed by atoms with van der Waals surface area (Å²) in [5.41, 5.74) is 0.997. The molecule has 3 heteroatoms. The minimum atomic E-state index is -1.12. The number of carbonyl (C=O) groups is 1. The molecule has 0 spiro atoms. The molecule has 0 atom stereocenters. The van der Waals surface area contributed by atoms with Gasteiger partial charge in [-0.1, -0.05) is 40.2 Å². The van der Waals surface area contributed by atoms with E-state index < -0.39 is 5.97 Å². The minimum absolute atomic E-state index is 0.254. The number of carboxylic acids is 1. The molecule has 0 aliphatic heterocycles. The zero-order valence-corrected chi connectivity index (χ0v) is 7.30. The second-order valence-corrected chi connectivity index (χ2v) is 2.64. The molecule has 0 bridgehead atoms. The maximum absolute atomic E-state index is 10.4. The van der Waals surface area contributed by atoms with Gasteiger partial charge in [-0.15, -0.1) is 0 Å².